The molecule has 0 aromatic carbocycles. The summed E-state index contributed by atoms with van der Waals surface area (Å²) in [7, 11) is 0. The number of nitrogens with one attached hydrogen (secondary N) is 2. The molecule has 0 amide bonds. The van der Waals surface area contributed by atoms with Gasteiger partial charge in [-0.15, -0.1) is 0 Å². The summed E-state index contributed by atoms with van der Waals surface area (Å²) >= 11 is 4.41. The number of H-pyrrole nitrogens is 2. The molecule has 1 aromatic rings. The minimum Gasteiger partial charge on any atom is -0.296 e. The zero-order chi connectivity index (χ0) is 7.78. The van der Waals surface area contributed by atoms with E-state index in [0.29, 0.717) is 0 Å². The van der Waals surface area contributed by atoms with E-state index < -0.39 is 11.9 Å². The largest absolute Gasteiger partial charge is 0.432 e. The smallest absolute Gasteiger partial charge is 0.296 e. The monoisotopic (exact) mass is 168 g/mol. The molecule has 0 saturated carbocycles. The molecule has 2 nitrogen and oxygen atoms in total. The molecule has 0 spiro atoms. The van der Waals surface area contributed by atoms with Gasteiger partial charge in [0.25, 0.3) is 0 Å². The van der Waals surface area contributed by atoms with Gasteiger partial charge in [0, 0.05) is 6.07 Å². The normalized spacial score (nSPS) is 11.9. The summed E-state index contributed by atoms with van der Waals surface area (Å²) in [5.74, 6) is 0. The third kappa shape index (κ3) is 1.38. The van der Waals surface area contributed by atoms with Crippen molar-refractivity contribution in [3.8, 4) is 0 Å². The van der Waals surface area contributed by atoms with Crippen molar-refractivity contribution in [3.63, 3.8) is 0 Å². The molecule has 1 rings (SSSR count). The number of hydrogen-bond acceptors (Lipinski definition) is 1. The zero-order valence-corrected chi connectivity index (χ0v) is 5.44. The topological polar surface area (TPSA) is 31.6 Å². The standard InChI is InChI=1S/C4H3F3N2S/c5-4(6,7)2-1-3(10)9-8-2/h1H,(H2,8,9,10). The van der Waals surface area contributed by atoms with Crippen molar-refractivity contribution in [2.75, 3.05) is 0 Å². The summed E-state index contributed by atoms with van der Waals surface area (Å²) in [6.45, 7) is 0. The molecule has 0 saturated heterocycles. The molecule has 56 valence electrons. The van der Waals surface area contributed by atoms with E-state index in [1.807, 2.05) is 5.10 Å². The van der Waals surface area contributed by atoms with Crippen molar-refractivity contribution in [1.29, 1.82) is 0 Å². The van der Waals surface area contributed by atoms with Gasteiger partial charge in [-0.2, -0.15) is 13.2 Å². The highest BCUT2D eigenvalue weighted by molar-refractivity contribution is 7.71. The van der Waals surface area contributed by atoms with Gasteiger partial charge in [0.15, 0.2) is 0 Å². The fraction of sp³-hybridized carbons (Fsp3) is 0.250. The fourth-order valence-corrected chi connectivity index (χ4v) is 0.654. The highest BCUT2D eigenvalue weighted by atomic mass is 32.1. The summed E-state index contributed by atoms with van der Waals surface area (Å²) in [6.07, 6.45) is -4.34. The Hall–Kier alpha value is -0.780. The predicted molar refractivity (Wildman–Crippen MR) is 31.0 cm³/mol. The van der Waals surface area contributed by atoms with Gasteiger partial charge in [0.05, 0.1) is 0 Å². The Morgan fingerprint density at radius 2 is 1.90 bits per heavy atom. The first-order chi connectivity index (χ1) is 4.50. The Labute approximate surface area is 59.0 Å². The van der Waals surface area contributed by atoms with Crippen LogP contribution in [0, 0.1) is 4.64 Å². The SMILES string of the molecule is FC(F)(F)c1cc(=S)[nH][nH]1. The van der Waals surface area contributed by atoms with Gasteiger partial charge in [-0.25, -0.2) is 0 Å². The Balaban J connectivity index is 3.07. The highest BCUT2D eigenvalue weighted by Crippen LogP contribution is 2.26. The van der Waals surface area contributed by atoms with Gasteiger partial charge in [0.2, 0.25) is 0 Å². The third-order valence-electron chi connectivity index (χ3n) is 0.901. The Morgan fingerprint density at radius 3 is 2.10 bits per heavy atom. The first-order valence-corrected chi connectivity index (χ1v) is 2.76. The predicted octanol–water partition coefficient (Wildman–Crippen LogP) is 2.09. The van der Waals surface area contributed by atoms with Crippen molar-refractivity contribution in [2.45, 2.75) is 6.18 Å². The summed E-state index contributed by atoms with van der Waals surface area (Å²) in [5, 5.41) is 4.04. The molecule has 0 fully saturated rings. The van der Waals surface area contributed by atoms with Crippen LogP contribution >= 0.6 is 12.2 Å². The van der Waals surface area contributed by atoms with Crippen LogP contribution in [0.3, 0.4) is 0 Å². The minimum absolute atomic E-state index is 0.0484. The van der Waals surface area contributed by atoms with E-state index in [1.54, 1.807) is 0 Å². The summed E-state index contributed by atoms with van der Waals surface area (Å²) < 4.78 is 35.2. The lowest BCUT2D eigenvalue weighted by atomic mass is 10.4. The maximum atomic E-state index is 11.7. The molecule has 0 aliphatic carbocycles. The van der Waals surface area contributed by atoms with Gasteiger partial charge in [-0.05, 0) is 0 Å². The lowest BCUT2D eigenvalue weighted by Gasteiger charge is -1.99. The lowest BCUT2D eigenvalue weighted by molar-refractivity contribution is -0.141. The first kappa shape index (κ1) is 7.33. The molecule has 0 radical (unpaired) electrons. The fourth-order valence-electron chi connectivity index (χ4n) is 0.485. The Bertz CT molecular complexity index is 271. The second kappa shape index (κ2) is 2.12. The third-order valence-corrected chi connectivity index (χ3v) is 1.12. The van der Waals surface area contributed by atoms with E-state index in [0.717, 1.165) is 6.07 Å². The van der Waals surface area contributed by atoms with E-state index in [9.17, 15) is 13.2 Å². The lowest BCUT2D eigenvalue weighted by Crippen LogP contribution is -2.04. The molecular weight excluding hydrogens is 165 g/mol. The molecule has 1 aromatic heterocycles. The van der Waals surface area contributed by atoms with Crippen LogP contribution in [0.4, 0.5) is 13.2 Å². The number of hydrogen-bond donors (Lipinski definition) is 2. The maximum absolute atomic E-state index is 11.7. The molecule has 0 bridgehead atoms. The van der Waals surface area contributed by atoms with Crippen LogP contribution in [0.2, 0.25) is 0 Å². The quantitative estimate of drug-likeness (QED) is 0.571. The Morgan fingerprint density at radius 1 is 1.30 bits per heavy atom. The van der Waals surface area contributed by atoms with Gasteiger partial charge >= 0.3 is 6.18 Å². The van der Waals surface area contributed by atoms with Crippen LogP contribution in [0.1, 0.15) is 5.69 Å². The molecule has 0 aliphatic heterocycles. The summed E-state index contributed by atoms with van der Waals surface area (Å²) in [5.41, 5.74) is -0.850. The number of alkyl halides is 3. The van der Waals surface area contributed by atoms with Gasteiger partial charge in [-0.3, -0.25) is 10.2 Å². The molecule has 10 heavy (non-hydrogen) atoms. The Kier molecular flexibility index (Phi) is 1.55. The van der Waals surface area contributed by atoms with Crippen molar-refractivity contribution < 1.29 is 13.2 Å². The van der Waals surface area contributed by atoms with Gasteiger partial charge in [-0.1, -0.05) is 12.2 Å². The molecule has 0 atom stereocenters. The maximum Gasteiger partial charge on any atom is 0.432 e. The van der Waals surface area contributed by atoms with Crippen LogP contribution in [0.5, 0.6) is 0 Å². The number of halogens is 3. The summed E-state index contributed by atoms with van der Waals surface area (Å²) in [4.78, 5) is 0. The van der Waals surface area contributed by atoms with Crippen molar-refractivity contribution in [1.82, 2.24) is 10.2 Å². The number of rotatable bonds is 0. The zero-order valence-electron chi connectivity index (χ0n) is 4.62. The van der Waals surface area contributed by atoms with Crippen molar-refractivity contribution in [2.24, 2.45) is 0 Å². The second-order valence-corrected chi connectivity index (χ2v) is 2.11. The van der Waals surface area contributed by atoms with E-state index in [4.69, 9.17) is 0 Å². The van der Waals surface area contributed by atoms with E-state index in [-0.39, 0.29) is 4.64 Å². The van der Waals surface area contributed by atoms with E-state index in [1.165, 1.54) is 0 Å². The van der Waals surface area contributed by atoms with E-state index in [2.05, 4.69) is 17.3 Å². The van der Waals surface area contributed by atoms with Gasteiger partial charge in [0.1, 0.15) is 10.3 Å². The van der Waals surface area contributed by atoms with Crippen LogP contribution in [0.25, 0.3) is 0 Å². The number of aromatic nitrogens is 2. The van der Waals surface area contributed by atoms with Crippen LogP contribution in [-0.4, -0.2) is 10.2 Å². The molecule has 1 heterocycles. The first-order valence-electron chi connectivity index (χ1n) is 2.35. The molecule has 0 unspecified atom stereocenters. The van der Waals surface area contributed by atoms with Crippen LogP contribution in [0.15, 0.2) is 6.07 Å². The van der Waals surface area contributed by atoms with E-state index >= 15 is 0 Å². The summed E-state index contributed by atoms with van der Waals surface area (Å²) in [6, 6.07) is 0.829. The highest BCUT2D eigenvalue weighted by Gasteiger charge is 2.31. The molecular formula is C4H3F3N2S. The van der Waals surface area contributed by atoms with Crippen molar-refractivity contribution in [3.05, 3.63) is 16.4 Å². The average molecular weight is 168 g/mol. The number of aromatic amines is 2. The molecule has 2 N–H and O–H groups in total. The van der Waals surface area contributed by atoms with Crippen molar-refractivity contribution >= 4 is 12.2 Å². The second-order valence-electron chi connectivity index (χ2n) is 1.67. The van der Waals surface area contributed by atoms with Crippen LogP contribution < -0.4 is 0 Å². The minimum atomic E-state index is -4.34. The average Bonchev–Trinajstić information content (AvgIpc) is 2.11. The molecule has 0 aliphatic rings. The molecule has 6 heteroatoms. The van der Waals surface area contributed by atoms with Crippen LogP contribution in [-0.2, 0) is 6.18 Å². The van der Waals surface area contributed by atoms with Gasteiger partial charge < -0.3 is 0 Å².